The first kappa shape index (κ1) is 17.3. The quantitative estimate of drug-likeness (QED) is 0.840. The highest BCUT2D eigenvalue weighted by molar-refractivity contribution is 7.14. The van der Waals surface area contributed by atoms with Crippen LogP contribution >= 0.6 is 11.3 Å². The highest BCUT2D eigenvalue weighted by Gasteiger charge is 2.59. The molecule has 2 aliphatic rings. The molecule has 1 aliphatic carbocycles. The van der Waals surface area contributed by atoms with Gasteiger partial charge in [-0.1, -0.05) is 13.8 Å². The number of fused-ring (bicyclic) bond motifs is 1. The molecule has 2 fully saturated rings. The number of carbonyl (C=O) groups excluding carboxylic acids is 1. The molecule has 6 nitrogen and oxygen atoms in total. The number of benzene rings is 1. The zero-order valence-electron chi connectivity index (χ0n) is 15.1. The van der Waals surface area contributed by atoms with E-state index in [1.165, 1.54) is 11.3 Å². The van der Waals surface area contributed by atoms with Crippen LogP contribution in [0.2, 0.25) is 0 Å². The van der Waals surface area contributed by atoms with Crippen LogP contribution in [0.3, 0.4) is 0 Å². The van der Waals surface area contributed by atoms with E-state index in [-0.39, 0.29) is 23.5 Å². The van der Waals surface area contributed by atoms with Gasteiger partial charge in [0.05, 0.1) is 13.2 Å². The van der Waals surface area contributed by atoms with Gasteiger partial charge in [-0.15, -0.1) is 11.3 Å². The normalized spacial score (nSPS) is 25.9. The second-order valence-corrected chi connectivity index (χ2v) is 8.27. The molecular weight excluding hydrogens is 350 g/mol. The van der Waals surface area contributed by atoms with Gasteiger partial charge in [0.25, 0.3) is 5.91 Å². The predicted octanol–water partition coefficient (Wildman–Crippen LogP) is 3.44. The van der Waals surface area contributed by atoms with Crippen LogP contribution in [0.25, 0.3) is 0 Å². The van der Waals surface area contributed by atoms with Crippen molar-refractivity contribution < 1.29 is 14.3 Å². The van der Waals surface area contributed by atoms with E-state index in [4.69, 9.17) is 9.47 Å². The fourth-order valence-corrected chi connectivity index (χ4v) is 4.78. The smallest absolute Gasteiger partial charge is 0.271 e. The molecule has 1 aliphatic heterocycles. The highest BCUT2D eigenvalue weighted by Crippen LogP contribution is 2.52. The Morgan fingerprint density at radius 2 is 2.12 bits per heavy atom. The molecule has 138 valence electrons. The monoisotopic (exact) mass is 373 g/mol. The molecule has 1 aromatic heterocycles. The highest BCUT2D eigenvalue weighted by atomic mass is 32.1. The summed E-state index contributed by atoms with van der Waals surface area (Å²) in [6.45, 7) is 5.10. The molecule has 2 heterocycles. The van der Waals surface area contributed by atoms with E-state index in [1.54, 1.807) is 12.5 Å². The Bertz CT molecular complexity index is 803. The molecule has 4 rings (SSSR count). The summed E-state index contributed by atoms with van der Waals surface area (Å²) >= 11 is 1.42. The van der Waals surface area contributed by atoms with E-state index >= 15 is 0 Å². The lowest BCUT2D eigenvalue weighted by molar-refractivity contribution is -0.108. The molecule has 0 spiro atoms. The minimum Gasteiger partial charge on any atom is -0.497 e. The van der Waals surface area contributed by atoms with Gasteiger partial charge in [-0.05, 0) is 30.7 Å². The minimum atomic E-state index is -0.118. The Hall–Kier alpha value is -2.12. The third-order valence-corrected chi connectivity index (χ3v) is 6.22. The molecule has 1 amide bonds. The summed E-state index contributed by atoms with van der Waals surface area (Å²) in [5, 5.41) is 8.86. The van der Waals surface area contributed by atoms with Gasteiger partial charge in [-0.2, -0.15) is 0 Å². The van der Waals surface area contributed by atoms with Crippen LogP contribution in [0.5, 0.6) is 5.75 Å². The lowest BCUT2D eigenvalue weighted by Crippen LogP contribution is -2.66. The van der Waals surface area contributed by atoms with Crippen molar-refractivity contribution in [2.24, 2.45) is 11.3 Å². The first-order chi connectivity index (χ1) is 12.5. The average Bonchev–Trinajstić information content (AvgIpc) is 3.28. The second-order valence-electron chi connectivity index (χ2n) is 7.41. The predicted molar refractivity (Wildman–Crippen MR) is 101 cm³/mol. The van der Waals surface area contributed by atoms with Gasteiger partial charge in [-0.3, -0.25) is 4.79 Å². The number of methoxy groups -OCH3 is 1. The Morgan fingerprint density at radius 3 is 2.85 bits per heavy atom. The maximum atomic E-state index is 12.6. The van der Waals surface area contributed by atoms with Crippen molar-refractivity contribution in [2.45, 2.75) is 32.4 Å². The van der Waals surface area contributed by atoms with Gasteiger partial charge in [0.1, 0.15) is 11.4 Å². The Balaban J connectivity index is 1.40. The third kappa shape index (κ3) is 2.95. The van der Waals surface area contributed by atoms with Gasteiger partial charge >= 0.3 is 0 Å². The summed E-state index contributed by atoms with van der Waals surface area (Å²) in [7, 11) is 1.64. The van der Waals surface area contributed by atoms with Crippen LogP contribution in [0.15, 0.2) is 29.6 Å². The molecule has 26 heavy (non-hydrogen) atoms. The zero-order valence-corrected chi connectivity index (χ0v) is 15.9. The first-order valence-corrected chi connectivity index (χ1v) is 9.66. The maximum absolute atomic E-state index is 12.6. The summed E-state index contributed by atoms with van der Waals surface area (Å²) in [6.07, 6.45) is 1.27. The van der Waals surface area contributed by atoms with Crippen LogP contribution < -0.4 is 15.4 Å². The Labute approximate surface area is 156 Å². The van der Waals surface area contributed by atoms with E-state index in [9.17, 15) is 4.79 Å². The van der Waals surface area contributed by atoms with Crippen molar-refractivity contribution in [1.29, 1.82) is 0 Å². The summed E-state index contributed by atoms with van der Waals surface area (Å²) in [5.74, 6) is 1.10. The van der Waals surface area contributed by atoms with Crippen LogP contribution in [0.4, 0.5) is 10.8 Å². The molecule has 0 bridgehead atoms. The number of amides is 1. The lowest BCUT2D eigenvalue weighted by atomic mass is 9.57. The molecule has 1 saturated heterocycles. The molecule has 0 unspecified atom stereocenters. The van der Waals surface area contributed by atoms with Crippen molar-refractivity contribution in [2.75, 3.05) is 19.0 Å². The topological polar surface area (TPSA) is 72.5 Å². The Morgan fingerprint density at radius 1 is 1.35 bits per heavy atom. The van der Waals surface area contributed by atoms with Gasteiger partial charge in [0, 0.05) is 35.0 Å². The number of anilines is 2. The number of hydrogen-bond donors (Lipinski definition) is 2. The number of aromatic nitrogens is 1. The fraction of sp³-hybridized carbons (Fsp3) is 0.474. The van der Waals surface area contributed by atoms with Crippen molar-refractivity contribution in [3.05, 3.63) is 35.3 Å². The SMILES string of the molecule is COc1ccc(Nc2nc(C(=O)N[C@@H]3[C@@H]4CCO[C@H]4C3(C)C)cs2)cc1. The molecule has 2 aromatic rings. The largest absolute Gasteiger partial charge is 0.497 e. The summed E-state index contributed by atoms with van der Waals surface area (Å²) in [6, 6.07) is 7.72. The average molecular weight is 373 g/mol. The van der Waals surface area contributed by atoms with Crippen molar-refractivity contribution >= 4 is 28.1 Å². The van der Waals surface area contributed by atoms with Crippen molar-refractivity contribution in [3.63, 3.8) is 0 Å². The molecule has 2 N–H and O–H groups in total. The van der Waals surface area contributed by atoms with Crippen LogP contribution in [-0.4, -0.2) is 36.8 Å². The standard InChI is InChI=1S/C19H23N3O3S/c1-19(2)15(13-8-9-25-16(13)19)22-17(23)14-10-26-18(21-14)20-11-4-6-12(24-3)7-5-11/h4-7,10,13,15-16H,8-9H2,1-3H3,(H,20,21)(H,22,23)/t13-,15+,16+/m0/s1. The molecule has 1 saturated carbocycles. The van der Waals surface area contributed by atoms with Crippen molar-refractivity contribution in [1.82, 2.24) is 10.3 Å². The summed E-state index contributed by atoms with van der Waals surface area (Å²) in [5.41, 5.74) is 1.32. The summed E-state index contributed by atoms with van der Waals surface area (Å²) < 4.78 is 10.9. The van der Waals surface area contributed by atoms with Crippen LogP contribution in [-0.2, 0) is 4.74 Å². The number of ether oxygens (including phenoxy) is 2. The number of nitrogens with zero attached hydrogens (tertiary/aromatic N) is 1. The lowest BCUT2D eigenvalue weighted by Gasteiger charge is -2.54. The van der Waals surface area contributed by atoms with E-state index in [0.29, 0.717) is 16.7 Å². The second kappa shape index (κ2) is 6.55. The minimum absolute atomic E-state index is 0.0307. The number of hydrogen-bond acceptors (Lipinski definition) is 6. The molecule has 0 radical (unpaired) electrons. The van der Waals surface area contributed by atoms with Gasteiger partial charge in [0.2, 0.25) is 0 Å². The van der Waals surface area contributed by atoms with Crippen LogP contribution in [0, 0.1) is 11.3 Å². The Kier molecular flexibility index (Phi) is 4.36. The fourth-order valence-electron chi connectivity index (χ4n) is 4.07. The van der Waals surface area contributed by atoms with Gasteiger partial charge in [-0.25, -0.2) is 4.98 Å². The van der Waals surface area contributed by atoms with E-state index < -0.39 is 0 Å². The molecule has 7 heteroatoms. The zero-order chi connectivity index (χ0) is 18.3. The van der Waals surface area contributed by atoms with E-state index in [0.717, 1.165) is 24.5 Å². The van der Waals surface area contributed by atoms with E-state index in [1.807, 2.05) is 24.3 Å². The van der Waals surface area contributed by atoms with E-state index in [2.05, 4.69) is 29.5 Å². The number of carbonyl (C=O) groups is 1. The van der Waals surface area contributed by atoms with Crippen LogP contribution in [0.1, 0.15) is 30.8 Å². The molecule has 1 aromatic carbocycles. The maximum Gasteiger partial charge on any atom is 0.271 e. The molecular formula is C19H23N3O3S. The third-order valence-electron chi connectivity index (χ3n) is 5.47. The number of rotatable bonds is 5. The van der Waals surface area contributed by atoms with Crippen molar-refractivity contribution in [3.8, 4) is 5.75 Å². The summed E-state index contributed by atoms with van der Waals surface area (Å²) in [4.78, 5) is 17.0. The van der Waals surface area contributed by atoms with Gasteiger partial charge < -0.3 is 20.1 Å². The number of thiazole rings is 1. The number of nitrogens with one attached hydrogen (secondary N) is 2. The van der Waals surface area contributed by atoms with Gasteiger partial charge in [0.15, 0.2) is 5.13 Å². The molecule has 3 atom stereocenters. The first-order valence-electron chi connectivity index (χ1n) is 8.78.